The Bertz CT molecular complexity index is 316. The van der Waals surface area contributed by atoms with E-state index in [2.05, 4.69) is 40.3 Å². The van der Waals surface area contributed by atoms with Gasteiger partial charge in [-0.1, -0.05) is 35.0 Å². The summed E-state index contributed by atoms with van der Waals surface area (Å²) in [5.41, 5.74) is 1.19. The molecule has 0 aliphatic carbocycles. The fraction of sp³-hybridized carbons (Fsp3) is 0.571. The van der Waals surface area contributed by atoms with Gasteiger partial charge >= 0.3 is 0 Å². The SMILES string of the molecule is CCNCC(OCCOCC)c1ccc(Br)cc1. The predicted octanol–water partition coefficient (Wildman–Crippen LogP) is 3.15. The fourth-order valence-electron chi connectivity index (χ4n) is 1.62. The Hall–Kier alpha value is -0.420. The topological polar surface area (TPSA) is 30.5 Å². The molecule has 0 bridgehead atoms. The van der Waals surface area contributed by atoms with Crippen LogP contribution >= 0.6 is 15.9 Å². The van der Waals surface area contributed by atoms with E-state index in [1.165, 1.54) is 5.56 Å². The van der Waals surface area contributed by atoms with E-state index in [9.17, 15) is 0 Å². The second kappa shape index (κ2) is 9.50. The van der Waals surface area contributed by atoms with E-state index in [4.69, 9.17) is 9.47 Å². The third-order valence-electron chi connectivity index (χ3n) is 2.57. The molecule has 18 heavy (non-hydrogen) atoms. The molecule has 0 saturated carbocycles. The average Bonchev–Trinajstić information content (AvgIpc) is 2.39. The van der Waals surface area contributed by atoms with Crippen molar-refractivity contribution < 1.29 is 9.47 Å². The smallest absolute Gasteiger partial charge is 0.0950 e. The van der Waals surface area contributed by atoms with Gasteiger partial charge in [-0.2, -0.15) is 0 Å². The van der Waals surface area contributed by atoms with Crippen molar-refractivity contribution in [1.29, 1.82) is 0 Å². The maximum Gasteiger partial charge on any atom is 0.0950 e. The molecular formula is C14H22BrNO2. The van der Waals surface area contributed by atoms with Crippen LogP contribution in [0.5, 0.6) is 0 Å². The van der Waals surface area contributed by atoms with Crippen molar-refractivity contribution in [3.05, 3.63) is 34.3 Å². The number of hydrogen-bond donors (Lipinski definition) is 1. The molecular weight excluding hydrogens is 294 g/mol. The van der Waals surface area contributed by atoms with Crippen LogP contribution in [0.4, 0.5) is 0 Å². The second-order valence-electron chi connectivity index (χ2n) is 3.92. The van der Waals surface area contributed by atoms with Crippen molar-refractivity contribution in [3.8, 4) is 0 Å². The summed E-state index contributed by atoms with van der Waals surface area (Å²) in [7, 11) is 0. The minimum Gasteiger partial charge on any atom is -0.379 e. The summed E-state index contributed by atoms with van der Waals surface area (Å²) < 4.78 is 12.2. The van der Waals surface area contributed by atoms with Gasteiger partial charge in [-0.25, -0.2) is 0 Å². The van der Waals surface area contributed by atoms with E-state index < -0.39 is 0 Å². The molecule has 0 saturated heterocycles. The molecule has 102 valence electrons. The molecule has 0 aromatic heterocycles. The first-order valence-corrected chi connectivity index (χ1v) is 7.22. The van der Waals surface area contributed by atoms with Crippen LogP contribution in [0.1, 0.15) is 25.5 Å². The molecule has 0 amide bonds. The highest BCUT2D eigenvalue weighted by Gasteiger charge is 2.11. The summed E-state index contributed by atoms with van der Waals surface area (Å²) in [5, 5.41) is 3.32. The molecule has 4 heteroatoms. The van der Waals surface area contributed by atoms with Gasteiger partial charge in [0.25, 0.3) is 0 Å². The predicted molar refractivity (Wildman–Crippen MR) is 77.9 cm³/mol. The van der Waals surface area contributed by atoms with Crippen LogP contribution < -0.4 is 5.32 Å². The lowest BCUT2D eigenvalue weighted by molar-refractivity contribution is 0.00707. The first-order chi connectivity index (χ1) is 8.77. The lowest BCUT2D eigenvalue weighted by Gasteiger charge is -2.19. The largest absolute Gasteiger partial charge is 0.379 e. The van der Waals surface area contributed by atoms with Crippen molar-refractivity contribution in [2.24, 2.45) is 0 Å². The first-order valence-electron chi connectivity index (χ1n) is 6.43. The molecule has 1 N–H and O–H groups in total. The summed E-state index contributed by atoms with van der Waals surface area (Å²) in [6, 6.07) is 8.26. The molecule has 1 rings (SSSR count). The minimum atomic E-state index is 0.0820. The van der Waals surface area contributed by atoms with E-state index in [0.29, 0.717) is 13.2 Å². The van der Waals surface area contributed by atoms with Crippen molar-refractivity contribution >= 4 is 15.9 Å². The van der Waals surface area contributed by atoms with Gasteiger partial charge in [-0.05, 0) is 31.2 Å². The van der Waals surface area contributed by atoms with Gasteiger partial charge < -0.3 is 14.8 Å². The van der Waals surface area contributed by atoms with Gasteiger partial charge in [0, 0.05) is 17.6 Å². The lowest BCUT2D eigenvalue weighted by atomic mass is 10.1. The van der Waals surface area contributed by atoms with Crippen LogP contribution in [-0.4, -0.2) is 32.9 Å². The highest BCUT2D eigenvalue weighted by atomic mass is 79.9. The van der Waals surface area contributed by atoms with E-state index in [1.54, 1.807) is 0 Å². The molecule has 1 aromatic rings. The normalized spacial score (nSPS) is 12.6. The van der Waals surface area contributed by atoms with Crippen LogP contribution in [0.25, 0.3) is 0 Å². The zero-order valence-corrected chi connectivity index (χ0v) is 12.7. The van der Waals surface area contributed by atoms with Crippen molar-refractivity contribution in [1.82, 2.24) is 5.32 Å². The molecule has 3 nitrogen and oxygen atoms in total. The van der Waals surface area contributed by atoms with Crippen LogP contribution in [0.3, 0.4) is 0 Å². The Balaban J connectivity index is 2.51. The molecule has 0 fully saturated rings. The van der Waals surface area contributed by atoms with E-state index in [-0.39, 0.29) is 6.10 Å². The molecule has 0 radical (unpaired) electrons. The maximum atomic E-state index is 5.87. The molecule has 1 atom stereocenters. The van der Waals surface area contributed by atoms with Gasteiger partial charge in [0.15, 0.2) is 0 Å². The van der Waals surface area contributed by atoms with Gasteiger partial charge in [-0.15, -0.1) is 0 Å². The number of likely N-dealkylation sites (N-methyl/N-ethyl adjacent to an activating group) is 1. The highest BCUT2D eigenvalue weighted by Crippen LogP contribution is 2.19. The summed E-state index contributed by atoms with van der Waals surface area (Å²) in [6.45, 7) is 7.87. The standard InChI is InChI=1S/C14H22BrNO2/c1-3-16-11-14(18-10-9-17-4-2)12-5-7-13(15)8-6-12/h5-8,14,16H,3-4,9-11H2,1-2H3. The Kier molecular flexibility index (Phi) is 8.25. The first kappa shape index (κ1) is 15.6. The van der Waals surface area contributed by atoms with Gasteiger partial charge in [0.05, 0.1) is 19.3 Å². The molecule has 1 aromatic carbocycles. The fourth-order valence-corrected chi connectivity index (χ4v) is 1.88. The van der Waals surface area contributed by atoms with Crippen LogP contribution in [0.2, 0.25) is 0 Å². The average molecular weight is 316 g/mol. The number of nitrogens with one attached hydrogen (secondary N) is 1. The summed E-state index contributed by atoms with van der Waals surface area (Å²) in [6.07, 6.45) is 0.0820. The molecule has 1 unspecified atom stereocenters. The van der Waals surface area contributed by atoms with Crippen molar-refractivity contribution in [2.75, 3.05) is 32.9 Å². The van der Waals surface area contributed by atoms with Gasteiger partial charge in [0.1, 0.15) is 0 Å². The van der Waals surface area contributed by atoms with E-state index in [0.717, 1.165) is 24.2 Å². The van der Waals surface area contributed by atoms with Gasteiger partial charge in [-0.3, -0.25) is 0 Å². The zero-order chi connectivity index (χ0) is 13.2. The van der Waals surface area contributed by atoms with E-state index in [1.807, 2.05) is 19.1 Å². The number of hydrogen-bond acceptors (Lipinski definition) is 3. The van der Waals surface area contributed by atoms with E-state index >= 15 is 0 Å². The maximum absolute atomic E-state index is 5.87. The van der Waals surface area contributed by atoms with Crippen molar-refractivity contribution in [2.45, 2.75) is 20.0 Å². The van der Waals surface area contributed by atoms with Crippen LogP contribution in [0.15, 0.2) is 28.7 Å². The van der Waals surface area contributed by atoms with Crippen LogP contribution in [0, 0.1) is 0 Å². The Morgan fingerprint density at radius 2 is 1.89 bits per heavy atom. The third-order valence-corrected chi connectivity index (χ3v) is 3.10. The molecule has 0 aliphatic heterocycles. The monoisotopic (exact) mass is 315 g/mol. The van der Waals surface area contributed by atoms with Crippen LogP contribution in [-0.2, 0) is 9.47 Å². The number of halogens is 1. The Labute approximate surface area is 118 Å². The summed E-state index contributed by atoms with van der Waals surface area (Å²) in [5.74, 6) is 0. The van der Waals surface area contributed by atoms with Gasteiger partial charge in [0.2, 0.25) is 0 Å². The highest BCUT2D eigenvalue weighted by molar-refractivity contribution is 9.10. The quantitative estimate of drug-likeness (QED) is 0.710. The lowest BCUT2D eigenvalue weighted by Crippen LogP contribution is -2.24. The zero-order valence-electron chi connectivity index (χ0n) is 11.1. The number of rotatable bonds is 9. The Morgan fingerprint density at radius 3 is 2.50 bits per heavy atom. The molecule has 0 heterocycles. The summed E-state index contributed by atoms with van der Waals surface area (Å²) >= 11 is 3.44. The third kappa shape index (κ3) is 5.96. The minimum absolute atomic E-state index is 0.0820. The Morgan fingerprint density at radius 1 is 1.17 bits per heavy atom. The summed E-state index contributed by atoms with van der Waals surface area (Å²) in [4.78, 5) is 0. The number of ether oxygens (including phenoxy) is 2. The number of benzene rings is 1. The van der Waals surface area contributed by atoms with Crippen molar-refractivity contribution in [3.63, 3.8) is 0 Å². The second-order valence-corrected chi connectivity index (χ2v) is 4.83. The molecule has 0 aliphatic rings. The molecule has 0 spiro atoms.